The van der Waals surface area contributed by atoms with Crippen LogP contribution in [0.1, 0.15) is 38.1 Å². The van der Waals surface area contributed by atoms with Crippen LogP contribution >= 0.6 is 0 Å². The third-order valence-corrected chi connectivity index (χ3v) is 6.26. The summed E-state index contributed by atoms with van der Waals surface area (Å²) in [5, 5.41) is 0. The zero-order chi connectivity index (χ0) is 21.8. The molecule has 8 nitrogen and oxygen atoms in total. The van der Waals surface area contributed by atoms with Gasteiger partial charge < -0.3 is 16.2 Å². The Kier molecular flexibility index (Phi) is 6.99. The van der Waals surface area contributed by atoms with Crippen molar-refractivity contribution in [3.05, 3.63) is 54.1 Å². The highest BCUT2D eigenvalue weighted by Gasteiger charge is 2.29. The Morgan fingerprint density at radius 2 is 1.45 bits per heavy atom. The lowest BCUT2D eigenvalue weighted by molar-refractivity contribution is 0.0734. The minimum atomic E-state index is -3.65. The number of nitrogens with zero attached hydrogens (tertiary/aromatic N) is 2. The van der Waals surface area contributed by atoms with Gasteiger partial charge in [0.1, 0.15) is 5.75 Å². The van der Waals surface area contributed by atoms with E-state index in [1.165, 1.54) is 40.7 Å². The van der Waals surface area contributed by atoms with Crippen LogP contribution in [0.15, 0.2) is 58.4 Å². The molecule has 0 aliphatic heterocycles. The number of guanidine groups is 1. The van der Waals surface area contributed by atoms with Gasteiger partial charge in [-0.3, -0.25) is 0 Å². The maximum atomic E-state index is 12.9. The average Bonchev–Trinajstić information content (AvgIpc) is 2.61. The van der Waals surface area contributed by atoms with E-state index in [9.17, 15) is 13.2 Å². The predicted octanol–water partition coefficient (Wildman–Crippen LogP) is 2.62. The van der Waals surface area contributed by atoms with Crippen molar-refractivity contribution in [1.29, 1.82) is 0 Å². The molecular formula is C20H26N4O4S. The van der Waals surface area contributed by atoms with Crippen molar-refractivity contribution in [3.63, 3.8) is 0 Å². The highest BCUT2D eigenvalue weighted by atomic mass is 32.2. The molecule has 0 aliphatic rings. The molecule has 29 heavy (non-hydrogen) atoms. The van der Waals surface area contributed by atoms with Crippen LogP contribution in [0, 0.1) is 0 Å². The number of carbonyl (C=O) groups is 1. The molecule has 2 aromatic carbocycles. The summed E-state index contributed by atoms with van der Waals surface area (Å²) in [5.41, 5.74) is 11.4. The number of ether oxygens (including phenoxy) is 1. The smallest absolute Gasteiger partial charge is 0.343 e. The Morgan fingerprint density at radius 1 is 0.931 bits per heavy atom. The van der Waals surface area contributed by atoms with Gasteiger partial charge in [0.15, 0.2) is 5.96 Å². The number of esters is 1. The van der Waals surface area contributed by atoms with E-state index in [1.807, 2.05) is 27.7 Å². The topological polar surface area (TPSA) is 128 Å². The monoisotopic (exact) mass is 418 g/mol. The number of sulfonamides is 1. The van der Waals surface area contributed by atoms with Crippen LogP contribution in [0.3, 0.4) is 0 Å². The first-order valence-electron chi connectivity index (χ1n) is 9.08. The summed E-state index contributed by atoms with van der Waals surface area (Å²) in [7, 11) is -3.65. The lowest BCUT2D eigenvalue weighted by Crippen LogP contribution is -2.41. The summed E-state index contributed by atoms with van der Waals surface area (Å²) in [6.07, 6.45) is 0. The Bertz CT molecular complexity index is 970. The summed E-state index contributed by atoms with van der Waals surface area (Å²) < 4.78 is 32.5. The van der Waals surface area contributed by atoms with Crippen molar-refractivity contribution in [3.8, 4) is 5.75 Å². The largest absolute Gasteiger partial charge is 0.423 e. The van der Waals surface area contributed by atoms with E-state index in [1.54, 1.807) is 12.1 Å². The van der Waals surface area contributed by atoms with Crippen molar-refractivity contribution in [2.24, 2.45) is 16.5 Å². The van der Waals surface area contributed by atoms with Gasteiger partial charge in [0, 0.05) is 12.1 Å². The SMILES string of the molecule is CC(C)N(C(C)C)S(=O)(=O)c1ccc(OC(=O)c2ccc(N=C(N)N)cc2)cc1. The molecule has 0 amide bonds. The van der Waals surface area contributed by atoms with E-state index in [2.05, 4.69) is 4.99 Å². The second kappa shape index (κ2) is 9.06. The van der Waals surface area contributed by atoms with Crippen molar-refractivity contribution in [2.75, 3.05) is 0 Å². The highest BCUT2D eigenvalue weighted by Crippen LogP contribution is 2.24. The molecule has 0 radical (unpaired) electrons. The predicted molar refractivity (Wildman–Crippen MR) is 113 cm³/mol. The summed E-state index contributed by atoms with van der Waals surface area (Å²) in [6.45, 7) is 7.30. The third kappa shape index (κ3) is 5.55. The first-order chi connectivity index (χ1) is 13.5. The Hall–Kier alpha value is -2.91. The number of benzene rings is 2. The van der Waals surface area contributed by atoms with Crippen LogP contribution in [-0.4, -0.2) is 36.7 Å². The van der Waals surface area contributed by atoms with Gasteiger partial charge in [-0.1, -0.05) is 0 Å². The summed E-state index contributed by atoms with van der Waals surface area (Å²) in [5.74, 6) is -0.422. The van der Waals surface area contributed by atoms with Crippen LogP contribution in [-0.2, 0) is 10.0 Å². The second-order valence-corrected chi connectivity index (χ2v) is 8.81. The molecule has 0 bridgehead atoms. The molecule has 0 saturated carbocycles. The van der Waals surface area contributed by atoms with E-state index < -0.39 is 16.0 Å². The number of carbonyl (C=O) groups excluding carboxylic acids is 1. The highest BCUT2D eigenvalue weighted by molar-refractivity contribution is 7.89. The van der Waals surface area contributed by atoms with Gasteiger partial charge in [-0.25, -0.2) is 18.2 Å². The fourth-order valence-electron chi connectivity index (χ4n) is 2.94. The van der Waals surface area contributed by atoms with E-state index >= 15 is 0 Å². The third-order valence-electron chi connectivity index (χ3n) is 3.99. The summed E-state index contributed by atoms with van der Waals surface area (Å²) >= 11 is 0. The summed E-state index contributed by atoms with van der Waals surface area (Å²) in [4.78, 5) is 16.3. The quantitative estimate of drug-likeness (QED) is 0.308. The lowest BCUT2D eigenvalue weighted by atomic mass is 10.2. The average molecular weight is 419 g/mol. The zero-order valence-electron chi connectivity index (χ0n) is 16.9. The van der Waals surface area contributed by atoms with Gasteiger partial charge in [0.05, 0.1) is 16.1 Å². The molecule has 0 atom stereocenters. The molecule has 156 valence electrons. The van der Waals surface area contributed by atoms with Crippen LogP contribution in [0.2, 0.25) is 0 Å². The standard InChI is InChI=1S/C20H26N4O4S/c1-13(2)24(14(3)4)29(26,27)18-11-9-17(10-12-18)28-19(25)15-5-7-16(8-6-15)23-20(21)22/h5-14H,1-4H3,(H4,21,22,23). The minimum Gasteiger partial charge on any atom is -0.423 e. The number of nitrogens with two attached hydrogens (primary N) is 2. The van der Waals surface area contributed by atoms with Crippen molar-refractivity contribution in [1.82, 2.24) is 4.31 Å². The first kappa shape index (κ1) is 22.4. The summed E-state index contributed by atoms with van der Waals surface area (Å²) in [6, 6.07) is 11.6. The van der Waals surface area contributed by atoms with Gasteiger partial charge in [-0.05, 0) is 76.2 Å². The van der Waals surface area contributed by atoms with Gasteiger partial charge in [0.2, 0.25) is 10.0 Å². The van der Waals surface area contributed by atoms with Crippen LogP contribution in [0.4, 0.5) is 5.69 Å². The van der Waals surface area contributed by atoms with E-state index in [0.29, 0.717) is 11.3 Å². The minimum absolute atomic E-state index is 0.0798. The fourth-order valence-corrected chi connectivity index (χ4v) is 4.77. The molecular weight excluding hydrogens is 392 g/mol. The lowest BCUT2D eigenvalue weighted by Gasteiger charge is -2.29. The Morgan fingerprint density at radius 3 is 1.90 bits per heavy atom. The molecule has 0 aromatic heterocycles. The number of aliphatic imine (C=N–C) groups is 1. The normalized spacial score (nSPS) is 11.7. The molecule has 0 fully saturated rings. The van der Waals surface area contributed by atoms with Crippen LogP contribution in [0.25, 0.3) is 0 Å². The number of rotatable bonds is 7. The van der Waals surface area contributed by atoms with Gasteiger partial charge >= 0.3 is 5.97 Å². The Labute approximate surface area is 171 Å². The molecule has 0 saturated heterocycles. The molecule has 0 aliphatic carbocycles. The van der Waals surface area contributed by atoms with E-state index in [0.717, 1.165) is 0 Å². The fraction of sp³-hybridized carbons (Fsp3) is 0.300. The number of hydrogen-bond acceptors (Lipinski definition) is 5. The van der Waals surface area contributed by atoms with Crippen LogP contribution in [0.5, 0.6) is 5.75 Å². The molecule has 4 N–H and O–H groups in total. The van der Waals surface area contributed by atoms with Gasteiger partial charge in [-0.2, -0.15) is 4.31 Å². The number of hydrogen-bond donors (Lipinski definition) is 2. The molecule has 0 spiro atoms. The van der Waals surface area contributed by atoms with E-state index in [-0.39, 0.29) is 28.7 Å². The van der Waals surface area contributed by atoms with Crippen LogP contribution < -0.4 is 16.2 Å². The van der Waals surface area contributed by atoms with Gasteiger partial charge in [-0.15, -0.1) is 0 Å². The molecule has 2 rings (SSSR count). The molecule has 0 unspecified atom stereocenters. The van der Waals surface area contributed by atoms with Crippen molar-refractivity contribution in [2.45, 2.75) is 44.7 Å². The molecule has 9 heteroatoms. The van der Waals surface area contributed by atoms with Crippen molar-refractivity contribution < 1.29 is 17.9 Å². The first-order valence-corrected chi connectivity index (χ1v) is 10.5. The second-order valence-electron chi connectivity index (χ2n) is 6.97. The molecule has 2 aromatic rings. The molecule has 0 heterocycles. The van der Waals surface area contributed by atoms with Crippen molar-refractivity contribution >= 4 is 27.6 Å². The van der Waals surface area contributed by atoms with E-state index in [4.69, 9.17) is 16.2 Å². The zero-order valence-corrected chi connectivity index (χ0v) is 17.7. The van der Waals surface area contributed by atoms with Gasteiger partial charge in [0.25, 0.3) is 0 Å². The Balaban J connectivity index is 2.16. The maximum absolute atomic E-state index is 12.9. The maximum Gasteiger partial charge on any atom is 0.343 e.